The molecule has 2 atom stereocenters. The molecule has 0 spiro atoms. The van der Waals surface area contributed by atoms with Crippen molar-refractivity contribution in [1.29, 1.82) is 0 Å². The predicted molar refractivity (Wildman–Crippen MR) is 101 cm³/mol. The molecule has 2 aromatic rings. The summed E-state index contributed by atoms with van der Waals surface area (Å²) in [4.78, 5) is 26.5. The van der Waals surface area contributed by atoms with Gasteiger partial charge >= 0.3 is 5.97 Å². The smallest absolute Gasteiger partial charge is 0.348 e. The molecule has 1 aliphatic heterocycles. The van der Waals surface area contributed by atoms with Crippen LogP contribution in [0.2, 0.25) is 0 Å². The molecule has 0 N–H and O–H groups in total. The largest absolute Gasteiger partial charge is 0.481 e. The number of hydrogen-bond donors (Lipinski definition) is 0. The number of nitrogens with zero attached hydrogens (tertiary/aromatic N) is 1. The number of anilines is 1. The fourth-order valence-corrected chi connectivity index (χ4v) is 2.98. The molecule has 1 amide bonds. The molecule has 0 aromatic heterocycles. The molecule has 0 radical (unpaired) electrons. The lowest BCUT2D eigenvalue weighted by Crippen LogP contribution is -2.50. The number of carbonyl (C=O) groups is 2. The molecular formula is C21H23NO5. The first-order chi connectivity index (χ1) is 13.0. The Hall–Kier alpha value is -3.02. The van der Waals surface area contributed by atoms with Crippen molar-refractivity contribution < 1.29 is 23.8 Å². The summed E-state index contributed by atoms with van der Waals surface area (Å²) in [5, 5.41) is 0. The number of fused-ring (bicyclic) bond motifs is 1. The highest BCUT2D eigenvalue weighted by Crippen LogP contribution is 2.34. The summed E-state index contributed by atoms with van der Waals surface area (Å²) in [6, 6.07) is 14.8. The van der Waals surface area contributed by atoms with Gasteiger partial charge in [-0.15, -0.1) is 0 Å². The van der Waals surface area contributed by atoms with Crippen LogP contribution in [0.5, 0.6) is 11.5 Å². The molecule has 0 saturated heterocycles. The standard InChI is InChI=1S/C21H23NO5/c1-4-15-9-11-16(12-10-15)26-14(2)20(23)22-13-19(21(24)25-3)27-18-8-6-5-7-17(18)22/h5-12,14,19H,4,13H2,1-3H3/t14-,19-/m0/s1. The van der Waals surface area contributed by atoms with Gasteiger partial charge < -0.3 is 19.1 Å². The van der Waals surface area contributed by atoms with Gasteiger partial charge in [-0.1, -0.05) is 31.2 Å². The van der Waals surface area contributed by atoms with Crippen molar-refractivity contribution in [3.05, 3.63) is 54.1 Å². The van der Waals surface area contributed by atoms with Crippen LogP contribution in [0, 0.1) is 0 Å². The molecule has 0 fully saturated rings. The first-order valence-electron chi connectivity index (χ1n) is 8.94. The Morgan fingerprint density at radius 3 is 2.56 bits per heavy atom. The Kier molecular flexibility index (Phi) is 5.64. The maximum absolute atomic E-state index is 13.0. The van der Waals surface area contributed by atoms with Gasteiger partial charge in [0.2, 0.25) is 6.10 Å². The van der Waals surface area contributed by atoms with Crippen LogP contribution in [-0.2, 0) is 20.7 Å². The molecule has 0 saturated carbocycles. The normalized spacial score (nSPS) is 16.7. The quantitative estimate of drug-likeness (QED) is 0.758. The molecule has 2 aromatic carbocycles. The van der Waals surface area contributed by atoms with Gasteiger partial charge in [-0.25, -0.2) is 4.79 Å². The lowest BCUT2D eigenvalue weighted by molar-refractivity contribution is -0.148. The number of para-hydroxylation sites is 2. The number of carbonyl (C=O) groups excluding carboxylic acids is 2. The molecule has 6 nitrogen and oxygen atoms in total. The fraction of sp³-hybridized carbons (Fsp3) is 0.333. The van der Waals surface area contributed by atoms with Crippen LogP contribution in [0.1, 0.15) is 19.4 Å². The van der Waals surface area contributed by atoms with Gasteiger partial charge in [-0.05, 0) is 43.2 Å². The number of hydrogen-bond acceptors (Lipinski definition) is 5. The van der Waals surface area contributed by atoms with Gasteiger partial charge in [-0.3, -0.25) is 4.79 Å². The van der Waals surface area contributed by atoms with E-state index in [2.05, 4.69) is 6.92 Å². The number of amides is 1. The van der Waals surface area contributed by atoms with Crippen LogP contribution in [0.15, 0.2) is 48.5 Å². The second-order valence-electron chi connectivity index (χ2n) is 6.30. The number of ether oxygens (including phenoxy) is 3. The summed E-state index contributed by atoms with van der Waals surface area (Å²) in [7, 11) is 1.30. The summed E-state index contributed by atoms with van der Waals surface area (Å²) in [5.74, 6) is 0.316. The van der Waals surface area contributed by atoms with Gasteiger partial charge in [0.15, 0.2) is 6.10 Å². The maximum Gasteiger partial charge on any atom is 0.348 e. The van der Waals surface area contributed by atoms with Crippen molar-refractivity contribution in [2.75, 3.05) is 18.6 Å². The average molecular weight is 369 g/mol. The number of benzene rings is 2. The van der Waals surface area contributed by atoms with Crippen LogP contribution in [-0.4, -0.2) is 37.7 Å². The van der Waals surface area contributed by atoms with E-state index in [0.29, 0.717) is 17.2 Å². The first kappa shape index (κ1) is 18.8. The van der Waals surface area contributed by atoms with E-state index in [1.54, 1.807) is 25.1 Å². The third-order valence-corrected chi connectivity index (χ3v) is 4.50. The minimum atomic E-state index is -0.870. The molecule has 0 aliphatic carbocycles. The summed E-state index contributed by atoms with van der Waals surface area (Å²) in [6.45, 7) is 3.85. The van der Waals surface area contributed by atoms with Gasteiger partial charge in [0.1, 0.15) is 11.5 Å². The maximum atomic E-state index is 13.0. The molecule has 142 valence electrons. The third-order valence-electron chi connectivity index (χ3n) is 4.50. The summed E-state index contributed by atoms with van der Waals surface area (Å²) in [5.41, 5.74) is 1.81. The number of rotatable bonds is 5. The van der Waals surface area contributed by atoms with E-state index >= 15 is 0 Å². The Balaban J connectivity index is 1.79. The minimum Gasteiger partial charge on any atom is -0.481 e. The number of methoxy groups -OCH3 is 1. The van der Waals surface area contributed by atoms with E-state index in [4.69, 9.17) is 14.2 Å². The Morgan fingerprint density at radius 2 is 1.89 bits per heavy atom. The number of aryl methyl sites for hydroxylation is 1. The molecule has 27 heavy (non-hydrogen) atoms. The molecule has 6 heteroatoms. The average Bonchev–Trinajstić information content (AvgIpc) is 2.72. The Labute approximate surface area is 158 Å². The molecule has 0 unspecified atom stereocenters. The lowest BCUT2D eigenvalue weighted by atomic mass is 10.1. The SMILES string of the molecule is CCc1ccc(O[C@@H](C)C(=O)N2C[C@@H](C(=O)OC)Oc3ccccc32)cc1. The van der Waals surface area contributed by atoms with Crippen molar-refractivity contribution in [2.24, 2.45) is 0 Å². The van der Waals surface area contributed by atoms with Crippen LogP contribution in [0.25, 0.3) is 0 Å². The second kappa shape index (κ2) is 8.12. The Bertz CT molecular complexity index is 818. The summed E-state index contributed by atoms with van der Waals surface area (Å²) >= 11 is 0. The van der Waals surface area contributed by atoms with Gasteiger partial charge in [-0.2, -0.15) is 0 Å². The van der Waals surface area contributed by atoms with Gasteiger partial charge in [0, 0.05) is 0 Å². The third kappa shape index (κ3) is 4.05. The van der Waals surface area contributed by atoms with Crippen LogP contribution in [0.4, 0.5) is 5.69 Å². The van der Waals surface area contributed by atoms with Crippen molar-refractivity contribution in [3.63, 3.8) is 0 Å². The first-order valence-corrected chi connectivity index (χ1v) is 8.94. The topological polar surface area (TPSA) is 65.1 Å². The highest BCUT2D eigenvalue weighted by molar-refractivity contribution is 5.99. The van der Waals surface area contributed by atoms with E-state index in [1.165, 1.54) is 17.6 Å². The zero-order valence-electron chi connectivity index (χ0n) is 15.7. The monoisotopic (exact) mass is 369 g/mol. The van der Waals surface area contributed by atoms with E-state index in [9.17, 15) is 9.59 Å². The summed E-state index contributed by atoms with van der Waals surface area (Å²) in [6.07, 6.45) is -0.652. The van der Waals surface area contributed by atoms with Gasteiger partial charge in [0.05, 0.1) is 19.3 Å². The zero-order valence-corrected chi connectivity index (χ0v) is 15.7. The van der Waals surface area contributed by atoms with Crippen LogP contribution >= 0.6 is 0 Å². The highest BCUT2D eigenvalue weighted by atomic mass is 16.6. The van der Waals surface area contributed by atoms with Crippen molar-refractivity contribution in [1.82, 2.24) is 0 Å². The predicted octanol–water partition coefficient (Wildman–Crippen LogP) is 2.98. The zero-order chi connectivity index (χ0) is 19.4. The molecule has 0 bridgehead atoms. The van der Waals surface area contributed by atoms with Crippen LogP contribution in [0.3, 0.4) is 0 Å². The molecule has 3 rings (SSSR count). The summed E-state index contributed by atoms with van der Waals surface area (Å²) < 4.78 is 16.3. The Morgan fingerprint density at radius 1 is 1.19 bits per heavy atom. The number of esters is 1. The van der Waals surface area contributed by atoms with E-state index < -0.39 is 18.2 Å². The van der Waals surface area contributed by atoms with E-state index in [-0.39, 0.29) is 12.5 Å². The van der Waals surface area contributed by atoms with E-state index in [0.717, 1.165) is 6.42 Å². The van der Waals surface area contributed by atoms with E-state index in [1.807, 2.05) is 30.3 Å². The minimum absolute atomic E-state index is 0.0744. The van der Waals surface area contributed by atoms with Gasteiger partial charge in [0.25, 0.3) is 5.91 Å². The molecule has 1 heterocycles. The molecular weight excluding hydrogens is 346 g/mol. The second-order valence-corrected chi connectivity index (χ2v) is 6.30. The lowest BCUT2D eigenvalue weighted by Gasteiger charge is -2.34. The van der Waals surface area contributed by atoms with Crippen molar-refractivity contribution >= 4 is 17.6 Å². The van der Waals surface area contributed by atoms with Crippen LogP contribution < -0.4 is 14.4 Å². The van der Waals surface area contributed by atoms with Crippen molar-refractivity contribution in [3.8, 4) is 11.5 Å². The fourth-order valence-electron chi connectivity index (χ4n) is 2.98. The van der Waals surface area contributed by atoms with Crippen molar-refractivity contribution in [2.45, 2.75) is 32.5 Å². The highest BCUT2D eigenvalue weighted by Gasteiger charge is 2.36. The molecule has 1 aliphatic rings.